The van der Waals surface area contributed by atoms with Gasteiger partial charge in [0.2, 0.25) is 0 Å². The summed E-state index contributed by atoms with van der Waals surface area (Å²) in [6, 6.07) is 0. The van der Waals surface area contributed by atoms with Crippen LogP contribution in [0.4, 0.5) is 17.6 Å². The summed E-state index contributed by atoms with van der Waals surface area (Å²) in [4.78, 5) is 0. The smallest absolute Gasteiger partial charge is 0.167 e. The van der Waals surface area contributed by atoms with Crippen molar-refractivity contribution in [2.24, 2.45) is 0 Å². The molecule has 13 heavy (non-hydrogen) atoms. The molecule has 0 bridgehead atoms. The third-order valence-corrected chi connectivity index (χ3v) is 0.143. The summed E-state index contributed by atoms with van der Waals surface area (Å²) in [6.07, 6.45) is -4.06. The highest BCUT2D eigenvalue weighted by Crippen LogP contribution is 2.08. The fourth-order valence-corrected chi connectivity index (χ4v) is 0. The van der Waals surface area contributed by atoms with E-state index in [2.05, 4.69) is 32.9 Å². The molecule has 0 aliphatic rings. The Balaban J connectivity index is -0.0000000493. The van der Waals surface area contributed by atoms with Crippen LogP contribution in [-0.2, 0) is 0 Å². The third-order valence-electron chi connectivity index (χ3n) is 0.143. The zero-order valence-corrected chi connectivity index (χ0v) is 7.62. The minimum absolute atomic E-state index is 1.75. The lowest BCUT2D eigenvalue weighted by Crippen LogP contribution is -1.56. The van der Waals surface area contributed by atoms with Crippen molar-refractivity contribution in [3.63, 3.8) is 0 Å². The molecule has 0 heterocycles. The van der Waals surface area contributed by atoms with Crippen LogP contribution in [-0.4, -0.2) is 0 Å². The van der Waals surface area contributed by atoms with Crippen molar-refractivity contribution >= 4 is 0 Å². The van der Waals surface area contributed by atoms with Crippen LogP contribution in [0.3, 0.4) is 0 Å². The summed E-state index contributed by atoms with van der Waals surface area (Å²) in [5.74, 6) is 0. The molecule has 78 valence electrons. The monoisotopic (exact) mass is 198 g/mol. The maximum atomic E-state index is 10.3. The molecule has 0 fully saturated rings. The molecule has 0 nitrogen and oxygen atoms in total. The molecule has 0 N–H and O–H groups in total. The van der Waals surface area contributed by atoms with Crippen molar-refractivity contribution in [1.29, 1.82) is 0 Å². The van der Waals surface area contributed by atoms with Crippen LogP contribution in [0.2, 0.25) is 0 Å². The number of allylic oxidation sites excluding steroid dienone is 1. The van der Waals surface area contributed by atoms with Gasteiger partial charge in [0.05, 0.1) is 0 Å². The molecule has 0 amide bonds. The van der Waals surface area contributed by atoms with E-state index in [0.29, 0.717) is 0 Å². The first-order valence-electron chi connectivity index (χ1n) is 2.99. The molecule has 0 aromatic carbocycles. The molecule has 0 aromatic heterocycles. The predicted octanol–water partition coefficient (Wildman–Crippen LogP) is 4.79. The van der Waals surface area contributed by atoms with Crippen LogP contribution in [0, 0.1) is 0 Å². The second-order valence-corrected chi connectivity index (χ2v) is 0.929. The minimum atomic E-state index is -2.91. The van der Waals surface area contributed by atoms with Crippen LogP contribution in [0.5, 0.6) is 0 Å². The Morgan fingerprint density at radius 1 is 0.846 bits per heavy atom. The molecule has 4 heteroatoms. The third kappa shape index (κ3) is 112. The van der Waals surface area contributed by atoms with E-state index in [-0.39, 0.29) is 0 Å². The summed E-state index contributed by atoms with van der Waals surface area (Å²) >= 11 is 0. The summed E-state index contributed by atoms with van der Waals surface area (Å²) in [6.45, 7) is 17.2. The Hall–Kier alpha value is -1.32. The number of hydrogen-bond donors (Lipinski definition) is 0. The highest BCUT2D eigenvalue weighted by molar-refractivity contribution is 4.77. The molecule has 0 saturated heterocycles. The standard InChI is InChI=1S/C3H6.C2F4.2C2H4/c1-3-2;3-1(4)2(5)6;2*1-2/h3H,1H2,2H3;;2*1-2H2. The van der Waals surface area contributed by atoms with Crippen molar-refractivity contribution in [2.75, 3.05) is 0 Å². The van der Waals surface area contributed by atoms with Crippen LogP contribution >= 0.6 is 0 Å². The first kappa shape index (κ1) is 22.6. The Kier molecular flexibility index (Phi) is 53.9. The van der Waals surface area contributed by atoms with Gasteiger partial charge in [0.25, 0.3) is 0 Å². The fraction of sp³-hybridized carbons (Fsp3) is 0.111. The first-order chi connectivity index (χ1) is 6.06. The largest absolute Gasteiger partial charge is 0.334 e. The lowest BCUT2D eigenvalue weighted by atomic mass is 10.8. The maximum absolute atomic E-state index is 10.3. The minimum Gasteiger partial charge on any atom is -0.167 e. The normalized spacial score (nSPS) is 5.31. The highest BCUT2D eigenvalue weighted by atomic mass is 19.3. The van der Waals surface area contributed by atoms with Gasteiger partial charge in [-0.15, -0.1) is 32.9 Å². The van der Waals surface area contributed by atoms with Crippen LogP contribution in [0.25, 0.3) is 0 Å². The van der Waals surface area contributed by atoms with E-state index in [1.165, 1.54) is 0 Å². The van der Waals surface area contributed by atoms with Crippen LogP contribution < -0.4 is 0 Å². The zero-order chi connectivity index (χ0) is 11.9. The van der Waals surface area contributed by atoms with Crippen LogP contribution in [0.15, 0.2) is 51.1 Å². The van der Waals surface area contributed by atoms with Crippen molar-refractivity contribution in [3.8, 4) is 0 Å². The van der Waals surface area contributed by atoms with Gasteiger partial charge in [-0.1, -0.05) is 6.08 Å². The van der Waals surface area contributed by atoms with Gasteiger partial charge in [0, 0.05) is 0 Å². The topological polar surface area (TPSA) is 0 Å². The van der Waals surface area contributed by atoms with E-state index in [1.807, 2.05) is 6.92 Å². The lowest BCUT2D eigenvalue weighted by Gasteiger charge is -1.69. The molecule has 0 radical (unpaired) electrons. The lowest BCUT2D eigenvalue weighted by molar-refractivity contribution is 0.308. The van der Waals surface area contributed by atoms with Gasteiger partial charge in [-0.25, -0.2) is 0 Å². The van der Waals surface area contributed by atoms with Gasteiger partial charge in [-0.3, -0.25) is 0 Å². The van der Waals surface area contributed by atoms with E-state index < -0.39 is 12.2 Å². The average Bonchev–Trinajstić information content (AvgIpc) is 2.12. The van der Waals surface area contributed by atoms with Crippen LogP contribution in [0.1, 0.15) is 6.92 Å². The summed E-state index contributed by atoms with van der Waals surface area (Å²) in [5.41, 5.74) is 0. The van der Waals surface area contributed by atoms with E-state index in [1.54, 1.807) is 6.08 Å². The van der Waals surface area contributed by atoms with Crippen molar-refractivity contribution in [2.45, 2.75) is 6.92 Å². The van der Waals surface area contributed by atoms with Crippen molar-refractivity contribution in [3.05, 3.63) is 51.1 Å². The fourth-order valence-electron chi connectivity index (χ4n) is 0. The van der Waals surface area contributed by atoms with E-state index >= 15 is 0 Å². The summed E-state index contributed by atoms with van der Waals surface area (Å²) in [5, 5.41) is 0. The predicted molar refractivity (Wildman–Crippen MR) is 49.8 cm³/mol. The number of rotatable bonds is 0. The SMILES string of the molecule is C=C.C=C.C=CC.FC(F)=C(F)F. The molecule has 0 rings (SSSR count). The Bertz CT molecular complexity index is 110. The van der Waals surface area contributed by atoms with Gasteiger partial charge in [0.1, 0.15) is 0 Å². The first-order valence-corrected chi connectivity index (χ1v) is 2.99. The molecular weight excluding hydrogens is 184 g/mol. The molecular formula is C9H14F4. The summed E-state index contributed by atoms with van der Waals surface area (Å²) in [7, 11) is 0. The molecule has 0 aromatic rings. The van der Waals surface area contributed by atoms with Gasteiger partial charge >= 0.3 is 12.2 Å². The number of halogens is 4. The molecule has 0 saturated carbocycles. The van der Waals surface area contributed by atoms with Gasteiger partial charge < -0.3 is 0 Å². The Labute approximate surface area is 76.6 Å². The van der Waals surface area contributed by atoms with E-state index in [4.69, 9.17) is 0 Å². The highest BCUT2D eigenvalue weighted by Gasteiger charge is 1.98. The molecule has 0 spiro atoms. The van der Waals surface area contributed by atoms with E-state index in [0.717, 1.165) is 0 Å². The van der Waals surface area contributed by atoms with Gasteiger partial charge in [-0.05, 0) is 6.92 Å². The Morgan fingerprint density at radius 3 is 0.923 bits per heavy atom. The quantitative estimate of drug-likeness (QED) is 0.388. The zero-order valence-electron chi connectivity index (χ0n) is 7.62. The number of hydrogen-bond acceptors (Lipinski definition) is 0. The molecule has 0 unspecified atom stereocenters. The second kappa shape index (κ2) is 31.0. The average molecular weight is 198 g/mol. The van der Waals surface area contributed by atoms with Gasteiger partial charge in [-0.2, -0.15) is 17.6 Å². The summed E-state index contributed by atoms with van der Waals surface area (Å²) < 4.78 is 41.1. The molecule has 0 atom stereocenters. The maximum Gasteiger partial charge on any atom is 0.334 e. The van der Waals surface area contributed by atoms with Crippen molar-refractivity contribution in [1.82, 2.24) is 0 Å². The second-order valence-electron chi connectivity index (χ2n) is 0.929. The van der Waals surface area contributed by atoms with Crippen molar-refractivity contribution < 1.29 is 17.6 Å². The Morgan fingerprint density at radius 2 is 0.923 bits per heavy atom. The van der Waals surface area contributed by atoms with E-state index in [9.17, 15) is 17.6 Å². The van der Waals surface area contributed by atoms with Gasteiger partial charge in [0.15, 0.2) is 0 Å². The molecule has 0 aliphatic carbocycles. The molecule has 0 aliphatic heterocycles.